The lowest BCUT2D eigenvalue weighted by Gasteiger charge is -2.06. The molecule has 0 bridgehead atoms. The van der Waals surface area contributed by atoms with Gasteiger partial charge in [0, 0.05) is 17.2 Å². The zero-order valence-electron chi connectivity index (χ0n) is 9.16. The van der Waals surface area contributed by atoms with E-state index in [1.807, 2.05) is 0 Å². The molecule has 0 saturated heterocycles. The SMILES string of the molecule is NCc1cc(F)c(Sc2ccc(Br)cn2)c(F)c1. The molecule has 0 saturated carbocycles. The van der Waals surface area contributed by atoms with E-state index in [0.29, 0.717) is 10.6 Å². The van der Waals surface area contributed by atoms with Gasteiger partial charge in [-0.05, 0) is 45.8 Å². The van der Waals surface area contributed by atoms with Crippen LogP contribution in [-0.2, 0) is 6.54 Å². The van der Waals surface area contributed by atoms with Crippen LogP contribution in [0.15, 0.2) is 44.9 Å². The number of benzene rings is 1. The lowest BCUT2D eigenvalue weighted by molar-refractivity contribution is 0.537. The summed E-state index contributed by atoms with van der Waals surface area (Å²) in [6, 6.07) is 5.93. The summed E-state index contributed by atoms with van der Waals surface area (Å²) in [5.41, 5.74) is 5.78. The highest BCUT2D eigenvalue weighted by atomic mass is 79.9. The summed E-state index contributed by atoms with van der Waals surface area (Å²) in [7, 11) is 0. The molecule has 0 aliphatic heterocycles. The van der Waals surface area contributed by atoms with Gasteiger partial charge in [-0.3, -0.25) is 0 Å². The van der Waals surface area contributed by atoms with Crippen molar-refractivity contribution in [2.24, 2.45) is 5.73 Å². The second-order valence-electron chi connectivity index (χ2n) is 3.51. The van der Waals surface area contributed by atoms with Crippen LogP contribution in [-0.4, -0.2) is 4.98 Å². The molecule has 0 aliphatic carbocycles. The molecule has 94 valence electrons. The molecule has 0 aliphatic rings. The molecule has 6 heteroatoms. The van der Waals surface area contributed by atoms with E-state index in [-0.39, 0.29) is 11.4 Å². The van der Waals surface area contributed by atoms with Gasteiger partial charge in [-0.1, -0.05) is 11.8 Å². The minimum Gasteiger partial charge on any atom is -0.326 e. The maximum Gasteiger partial charge on any atom is 0.140 e. The van der Waals surface area contributed by atoms with E-state index in [9.17, 15) is 8.78 Å². The summed E-state index contributed by atoms with van der Waals surface area (Å²) in [6.45, 7) is 0.106. The summed E-state index contributed by atoms with van der Waals surface area (Å²) < 4.78 is 28.2. The van der Waals surface area contributed by atoms with E-state index >= 15 is 0 Å². The van der Waals surface area contributed by atoms with Crippen molar-refractivity contribution < 1.29 is 8.78 Å². The molecular formula is C12H9BrF2N2S. The van der Waals surface area contributed by atoms with E-state index in [4.69, 9.17) is 5.73 Å². The molecule has 0 spiro atoms. The Kier molecular flexibility index (Phi) is 4.31. The number of halogens is 3. The third-order valence-corrected chi connectivity index (χ3v) is 3.71. The van der Waals surface area contributed by atoms with Gasteiger partial charge in [0.1, 0.15) is 16.7 Å². The maximum atomic E-state index is 13.7. The van der Waals surface area contributed by atoms with Crippen LogP contribution in [0.3, 0.4) is 0 Å². The van der Waals surface area contributed by atoms with Gasteiger partial charge in [-0.15, -0.1) is 0 Å². The largest absolute Gasteiger partial charge is 0.326 e. The van der Waals surface area contributed by atoms with Gasteiger partial charge in [-0.2, -0.15) is 0 Å². The summed E-state index contributed by atoms with van der Waals surface area (Å²) in [4.78, 5) is 3.99. The van der Waals surface area contributed by atoms with E-state index < -0.39 is 11.6 Å². The van der Waals surface area contributed by atoms with Gasteiger partial charge in [0.05, 0.1) is 4.90 Å². The Hall–Kier alpha value is -0.980. The van der Waals surface area contributed by atoms with Crippen molar-refractivity contribution in [3.63, 3.8) is 0 Å². The third-order valence-electron chi connectivity index (χ3n) is 2.20. The number of pyridine rings is 1. The molecule has 1 heterocycles. The Morgan fingerprint density at radius 1 is 1.22 bits per heavy atom. The molecule has 1 aromatic carbocycles. The van der Waals surface area contributed by atoms with Crippen molar-refractivity contribution in [1.82, 2.24) is 4.98 Å². The van der Waals surface area contributed by atoms with E-state index in [1.165, 1.54) is 12.1 Å². The highest BCUT2D eigenvalue weighted by Gasteiger charge is 2.13. The Morgan fingerprint density at radius 3 is 2.39 bits per heavy atom. The molecule has 18 heavy (non-hydrogen) atoms. The van der Waals surface area contributed by atoms with Crippen LogP contribution in [0.1, 0.15) is 5.56 Å². The van der Waals surface area contributed by atoms with Crippen molar-refractivity contribution in [3.05, 3.63) is 52.1 Å². The Balaban J connectivity index is 2.31. The van der Waals surface area contributed by atoms with Crippen molar-refractivity contribution in [1.29, 1.82) is 0 Å². The van der Waals surface area contributed by atoms with Gasteiger partial charge in [0.15, 0.2) is 0 Å². The van der Waals surface area contributed by atoms with Crippen LogP contribution in [0.25, 0.3) is 0 Å². The van der Waals surface area contributed by atoms with E-state index in [0.717, 1.165) is 16.2 Å². The zero-order chi connectivity index (χ0) is 13.1. The number of nitrogens with zero attached hydrogens (tertiary/aromatic N) is 1. The van der Waals surface area contributed by atoms with Crippen LogP contribution < -0.4 is 5.73 Å². The fourth-order valence-electron chi connectivity index (χ4n) is 1.35. The lowest BCUT2D eigenvalue weighted by Crippen LogP contribution is -1.99. The van der Waals surface area contributed by atoms with Crippen LogP contribution in [0, 0.1) is 11.6 Å². The standard InChI is InChI=1S/C12H9BrF2N2S/c13-8-1-2-11(17-6-8)18-12-9(14)3-7(5-16)4-10(12)15/h1-4,6H,5,16H2. The maximum absolute atomic E-state index is 13.7. The van der Waals surface area contributed by atoms with E-state index in [2.05, 4.69) is 20.9 Å². The molecular weight excluding hydrogens is 322 g/mol. The number of rotatable bonds is 3. The number of hydrogen-bond acceptors (Lipinski definition) is 3. The van der Waals surface area contributed by atoms with Gasteiger partial charge in [0.2, 0.25) is 0 Å². The Bertz CT molecular complexity index is 537. The molecule has 2 nitrogen and oxygen atoms in total. The fraction of sp³-hybridized carbons (Fsp3) is 0.0833. The van der Waals surface area contributed by atoms with Crippen molar-refractivity contribution in [2.45, 2.75) is 16.5 Å². The molecule has 2 N–H and O–H groups in total. The molecule has 0 atom stereocenters. The minimum absolute atomic E-state index is 0.0676. The molecule has 1 aromatic heterocycles. The van der Waals surface area contributed by atoms with E-state index in [1.54, 1.807) is 18.3 Å². The first-order valence-corrected chi connectivity index (χ1v) is 6.68. The first-order valence-electron chi connectivity index (χ1n) is 5.07. The quantitative estimate of drug-likeness (QED) is 0.931. The molecule has 0 fully saturated rings. The average molecular weight is 331 g/mol. The van der Waals surface area contributed by atoms with Crippen molar-refractivity contribution in [3.8, 4) is 0 Å². The van der Waals surface area contributed by atoms with Crippen LogP contribution >= 0.6 is 27.7 Å². The second kappa shape index (κ2) is 5.77. The van der Waals surface area contributed by atoms with Crippen molar-refractivity contribution >= 4 is 27.7 Å². The Morgan fingerprint density at radius 2 is 1.89 bits per heavy atom. The van der Waals surface area contributed by atoms with Gasteiger partial charge in [0.25, 0.3) is 0 Å². The first kappa shape index (κ1) is 13.5. The normalized spacial score (nSPS) is 10.7. The molecule has 0 radical (unpaired) electrons. The van der Waals surface area contributed by atoms with Gasteiger partial charge < -0.3 is 5.73 Å². The molecule has 2 rings (SSSR count). The zero-order valence-corrected chi connectivity index (χ0v) is 11.6. The van der Waals surface area contributed by atoms with Crippen molar-refractivity contribution in [2.75, 3.05) is 0 Å². The highest BCUT2D eigenvalue weighted by molar-refractivity contribution is 9.10. The monoisotopic (exact) mass is 330 g/mol. The topological polar surface area (TPSA) is 38.9 Å². The Labute approximate surface area is 116 Å². The highest BCUT2D eigenvalue weighted by Crippen LogP contribution is 2.31. The summed E-state index contributed by atoms with van der Waals surface area (Å²) >= 11 is 4.19. The first-order chi connectivity index (χ1) is 8.60. The van der Waals surface area contributed by atoms with Crippen LogP contribution in [0.4, 0.5) is 8.78 Å². The summed E-state index contributed by atoms with van der Waals surface area (Å²) in [5.74, 6) is -1.24. The number of nitrogens with two attached hydrogens (primary N) is 1. The fourth-order valence-corrected chi connectivity index (χ4v) is 2.35. The predicted molar refractivity (Wildman–Crippen MR) is 70.3 cm³/mol. The average Bonchev–Trinajstić information content (AvgIpc) is 2.35. The molecule has 0 amide bonds. The third kappa shape index (κ3) is 3.07. The van der Waals surface area contributed by atoms with Gasteiger partial charge in [-0.25, -0.2) is 13.8 Å². The number of hydrogen-bond donors (Lipinski definition) is 1. The van der Waals surface area contributed by atoms with Gasteiger partial charge >= 0.3 is 0 Å². The minimum atomic E-state index is -0.620. The van der Waals surface area contributed by atoms with Crippen LogP contribution in [0.5, 0.6) is 0 Å². The lowest BCUT2D eigenvalue weighted by atomic mass is 10.2. The predicted octanol–water partition coefficient (Wildman–Crippen LogP) is 3.73. The second-order valence-corrected chi connectivity index (χ2v) is 5.46. The van der Waals surface area contributed by atoms with Crippen LogP contribution in [0.2, 0.25) is 0 Å². The molecule has 2 aromatic rings. The summed E-state index contributed by atoms with van der Waals surface area (Å²) in [5, 5.41) is 0.525. The summed E-state index contributed by atoms with van der Waals surface area (Å²) in [6.07, 6.45) is 1.58. The number of aromatic nitrogens is 1. The smallest absolute Gasteiger partial charge is 0.140 e. The molecule has 0 unspecified atom stereocenters.